The minimum atomic E-state index is -0.262. The van der Waals surface area contributed by atoms with E-state index in [4.69, 9.17) is 9.47 Å². The summed E-state index contributed by atoms with van der Waals surface area (Å²) in [6, 6.07) is 11.8. The number of para-hydroxylation sites is 1. The number of amides is 2. The van der Waals surface area contributed by atoms with Gasteiger partial charge in [0.2, 0.25) is 0 Å². The third-order valence-electron chi connectivity index (χ3n) is 6.87. The second kappa shape index (κ2) is 6.85. The average Bonchev–Trinajstić information content (AvgIpc) is 3.27. The molecule has 2 aromatic carbocycles. The third-order valence-corrected chi connectivity index (χ3v) is 6.87. The fraction of sp³-hybridized carbons (Fsp3) is 0.333. The monoisotopic (exact) mass is 417 g/mol. The van der Waals surface area contributed by atoms with Crippen LogP contribution >= 0.6 is 0 Å². The van der Waals surface area contributed by atoms with E-state index in [0.717, 1.165) is 22.0 Å². The predicted molar refractivity (Wildman–Crippen MR) is 115 cm³/mol. The molecule has 7 heteroatoms. The molecule has 1 aromatic heterocycles. The Bertz CT molecular complexity index is 1210. The molecule has 3 aromatic rings. The first-order valence-electron chi connectivity index (χ1n) is 10.6. The van der Waals surface area contributed by atoms with Gasteiger partial charge in [0.15, 0.2) is 0 Å². The van der Waals surface area contributed by atoms with Crippen LogP contribution in [-0.4, -0.2) is 49.7 Å². The number of ether oxygens (including phenoxy) is 2. The van der Waals surface area contributed by atoms with Crippen molar-refractivity contribution in [1.29, 1.82) is 0 Å². The van der Waals surface area contributed by atoms with Crippen molar-refractivity contribution in [2.45, 2.75) is 12.0 Å². The molecule has 1 saturated heterocycles. The van der Waals surface area contributed by atoms with Crippen molar-refractivity contribution in [1.82, 2.24) is 15.6 Å². The van der Waals surface area contributed by atoms with E-state index in [-0.39, 0.29) is 23.8 Å². The molecule has 3 heterocycles. The van der Waals surface area contributed by atoms with Crippen LogP contribution < -0.4 is 15.4 Å². The summed E-state index contributed by atoms with van der Waals surface area (Å²) in [4.78, 5) is 29.0. The summed E-state index contributed by atoms with van der Waals surface area (Å²) in [6.45, 7) is 1.84. The van der Waals surface area contributed by atoms with Crippen molar-refractivity contribution in [2.24, 2.45) is 11.8 Å². The molecule has 158 valence electrons. The first kappa shape index (κ1) is 18.4. The second-order valence-electron chi connectivity index (χ2n) is 8.54. The van der Waals surface area contributed by atoms with E-state index in [1.54, 1.807) is 13.1 Å². The smallest absolute Gasteiger partial charge is 0.254 e. The van der Waals surface area contributed by atoms with Crippen molar-refractivity contribution >= 4 is 22.7 Å². The zero-order chi connectivity index (χ0) is 21.1. The zero-order valence-electron chi connectivity index (χ0n) is 17.1. The Kier molecular flexibility index (Phi) is 4.08. The minimum absolute atomic E-state index is 0.0592. The van der Waals surface area contributed by atoms with Crippen LogP contribution in [0.3, 0.4) is 0 Å². The van der Waals surface area contributed by atoms with Gasteiger partial charge in [0, 0.05) is 59.1 Å². The van der Waals surface area contributed by atoms with Gasteiger partial charge >= 0.3 is 0 Å². The Morgan fingerprint density at radius 3 is 2.65 bits per heavy atom. The Labute approximate surface area is 179 Å². The van der Waals surface area contributed by atoms with Gasteiger partial charge in [-0.25, -0.2) is 0 Å². The van der Waals surface area contributed by atoms with E-state index in [1.165, 1.54) is 0 Å². The highest BCUT2D eigenvalue weighted by atomic mass is 16.5. The molecule has 31 heavy (non-hydrogen) atoms. The maximum atomic E-state index is 13.1. The van der Waals surface area contributed by atoms with Crippen molar-refractivity contribution in [3.63, 3.8) is 0 Å². The van der Waals surface area contributed by atoms with Crippen LogP contribution in [0.5, 0.6) is 5.75 Å². The summed E-state index contributed by atoms with van der Waals surface area (Å²) in [5.41, 5.74) is 3.90. The molecule has 2 amide bonds. The standard InChI is InChI=1S/C24H23N3O4/c1-25-24(29)15-7-12(23(28)27-21-18-9-30-10-19(18)21)6-14-17(11-31-22(14)15)16-8-26-20-5-3-2-4-13(16)20/h2-8,17-19,21,26H,9-11H2,1H3,(H,25,29)(H,27,28)/t17?,18-,19+,21+. The van der Waals surface area contributed by atoms with Gasteiger partial charge in [0.05, 0.1) is 25.4 Å². The topological polar surface area (TPSA) is 92.5 Å². The Morgan fingerprint density at radius 1 is 1.03 bits per heavy atom. The molecule has 6 rings (SSSR count). The largest absolute Gasteiger partial charge is 0.491 e. The lowest BCUT2D eigenvalue weighted by molar-refractivity contribution is 0.0929. The number of carbonyl (C=O) groups excluding carboxylic acids is 2. The summed E-state index contributed by atoms with van der Waals surface area (Å²) in [5.74, 6) is 0.913. The molecule has 1 aliphatic carbocycles. The quantitative estimate of drug-likeness (QED) is 0.608. The molecule has 7 nitrogen and oxygen atoms in total. The third kappa shape index (κ3) is 2.84. The average molecular weight is 417 g/mol. The van der Waals surface area contributed by atoms with Crippen molar-refractivity contribution in [3.05, 3.63) is 64.8 Å². The summed E-state index contributed by atoms with van der Waals surface area (Å²) in [7, 11) is 1.58. The normalized spacial score (nSPS) is 25.6. The Hall–Kier alpha value is -3.32. The van der Waals surface area contributed by atoms with E-state index >= 15 is 0 Å². The van der Waals surface area contributed by atoms with Crippen LogP contribution in [0, 0.1) is 11.8 Å². The van der Waals surface area contributed by atoms with Gasteiger partial charge in [-0.15, -0.1) is 0 Å². The molecule has 1 unspecified atom stereocenters. The highest BCUT2D eigenvalue weighted by Gasteiger charge is 2.54. The number of aromatic amines is 1. The Morgan fingerprint density at radius 2 is 1.84 bits per heavy atom. The number of carbonyl (C=O) groups is 2. The van der Waals surface area contributed by atoms with E-state index in [1.807, 2.05) is 30.5 Å². The first-order valence-corrected chi connectivity index (χ1v) is 10.6. The van der Waals surface area contributed by atoms with Crippen LogP contribution in [0.4, 0.5) is 0 Å². The van der Waals surface area contributed by atoms with Crippen molar-refractivity contribution < 1.29 is 19.1 Å². The number of benzene rings is 2. The number of hydrogen-bond donors (Lipinski definition) is 3. The van der Waals surface area contributed by atoms with E-state index < -0.39 is 0 Å². The molecular formula is C24H23N3O4. The van der Waals surface area contributed by atoms with E-state index in [2.05, 4.69) is 21.7 Å². The molecule has 2 fully saturated rings. The first-order chi connectivity index (χ1) is 15.2. The minimum Gasteiger partial charge on any atom is -0.491 e. The molecule has 0 radical (unpaired) electrons. The van der Waals surface area contributed by atoms with Gasteiger partial charge in [-0.1, -0.05) is 18.2 Å². The van der Waals surface area contributed by atoms with Gasteiger partial charge in [-0.05, 0) is 23.8 Å². The highest BCUT2D eigenvalue weighted by molar-refractivity contribution is 6.02. The van der Waals surface area contributed by atoms with Gasteiger partial charge in [-0.2, -0.15) is 0 Å². The van der Waals surface area contributed by atoms with E-state index in [0.29, 0.717) is 48.5 Å². The van der Waals surface area contributed by atoms with Crippen LogP contribution in [0.2, 0.25) is 0 Å². The summed E-state index contributed by atoms with van der Waals surface area (Å²) < 4.78 is 11.4. The molecule has 3 aliphatic rings. The fourth-order valence-corrected chi connectivity index (χ4v) is 5.09. The molecule has 0 spiro atoms. The van der Waals surface area contributed by atoms with Gasteiger partial charge in [-0.3, -0.25) is 9.59 Å². The number of aromatic nitrogens is 1. The molecule has 3 N–H and O–H groups in total. The summed E-state index contributed by atoms with van der Waals surface area (Å²) in [5, 5.41) is 6.91. The van der Waals surface area contributed by atoms with Crippen LogP contribution in [-0.2, 0) is 4.74 Å². The predicted octanol–water partition coefficient (Wildman–Crippen LogP) is 2.43. The molecule has 0 bridgehead atoms. The lowest BCUT2D eigenvalue weighted by Gasteiger charge is -2.13. The molecule has 2 aliphatic heterocycles. The maximum Gasteiger partial charge on any atom is 0.254 e. The maximum absolute atomic E-state index is 13.1. The van der Waals surface area contributed by atoms with E-state index in [9.17, 15) is 9.59 Å². The van der Waals surface area contributed by atoms with Gasteiger partial charge in [0.25, 0.3) is 11.8 Å². The Balaban J connectivity index is 1.40. The summed E-state index contributed by atoms with van der Waals surface area (Å²) in [6.07, 6.45) is 1.99. The number of fused-ring (bicyclic) bond motifs is 3. The SMILES string of the molecule is CNC(=O)c1cc(C(=O)N[C@H]2[C@@H]3COC[C@@H]32)cc2c1OCC2c1c[nH]c2ccccc12. The second-order valence-corrected chi connectivity index (χ2v) is 8.54. The molecular weight excluding hydrogens is 394 g/mol. The van der Waals surface area contributed by atoms with Crippen LogP contribution in [0.1, 0.15) is 37.8 Å². The summed E-state index contributed by atoms with van der Waals surface area (Å²) >= 11 is 0. The lowest BCUT2D eigenvalue weighted by Crippen LogP contribution is -2.30. The van der Waals surface area contributed by atoms with Crippen LogP contribution in [0.15, 0.2) is 42.6 Å². The van der Waals surface area contributed by atoms with Gasteiger partial charge in [0.1, 0.15) is 5.75 Å². The van der Waals surface area contributed by atoms with Crippen LogP contribution in [0.25, 0.3) is 10.9 Å². The number of rotatable bonds is 4. The number of hydrogen-bond acceptors (Lipinski definition) is 4. The lowest BCUT2D eigenvalue weighted by atomic mass is 9.90. The van der Waals surface area contributed by atoms with Crippen molar-refractivity contribution in [2.75, 3.05) is 26.9 Å². The zero-order valence-corrected chi connectivity index (χ0v) is 17.1. The van der Waals surface area contributed by atoms with Gasteiger partial charge < -0.3 is 25.1 Å². The number of H-pyrrole nitrogens is 1. The molecule has 4 atom stereocenters. The fourth-order valence-electron chi connectivity index (χ4n) is 5.09. The van der Waals surface area contributed by atoms with Crippen molar-refractivity contribution in [3.8, 4) is 5.75 Å². The highest BCUT2D eigenvalue weighted by Crippen LogP contribution is 2.45. The molecule has 1 saturated carbocycles. The number of nitrogens with one attached hydrogen (secondary N) is 3.